The van der Waals surface area contributed by atoms with Gasteiger partial charge in [-0.25, -0.2) is 9.97 Å². The third-order valence-corrected chi connectivity index (χ3v) is 8.06. The lowest BCUT2D eigenvalue weighted by atomic mass is 9.76. The Labute approximate surface area is 236 Å². The molecule has 2 aromatic carbocycles. The van der Waals surface area contributed by atoms with Gasteiger partial charge in [-0.2, -0.15) is 13.2 Å². The number of likely N-dealkylation sites (tertiary alicyclic amines) is 1. The third-order valence-electron chi connectivity index (χ3n) is 6.92. The summed E-state index contributed by atoms with van der Waals surface area (Å²) in [5.41, 5.74) is 1.07. The number of imidazole rings is 1. The van der Waals surface area contributed by atoms with Gasteiger partial charge in [-0.3, -0.25) is 4.79 Å². The highest BCUT2D eigenvalue weighted by Gasteiger charge is 2.39. The standard InChI is InChI=1S/C27H24ClF3N7OS/c1-37-11-9-26(10-12-37,23-15-40-25(34-23)18-5-7-20(28)8-6-18)16-33-36-35-24(39)19-3-2-4-21(13-19)38-14-22(32-17-38)27(29,30)31/h2-8,13-15,17H,9-12,16H2,1H3/q+1. The Bertz CT molecular complexity index is 1570. The second-order valence-electron chi connectivity index (χ2n) is 9.64. The number of rotatable bonds is 6. The van der Waals surface area contributed by atoms with Gasteiger partial charge in [-0.1, -0.05) is 29.8 Å². The van der Waals surface area contributed by atoms with Gasteiger partial charge >= 0.3 is 12.1 Å². The molecule has 4 aromatic rings. The van der Waals surface area contributed by atoms with Crippen LogP contribution < -0.4 is 4.91 Å². The molecular formula is C27H24ClF3N7OS+. The van der Waals surface area contributed by atoms with E-state index in [1.54, 1.807) is 23.5 Å². The van der Waals surface area contributed by atoms with Crippen molar-refractivity contribution in [2.75, 3.05) is 26.7 Å². The smallest absolute Gasteiger partial charge is 0.306 e. The highest BCUT2D eigenvalue weighted by molar-refractivity contribution is 7.13. The summed E-state index contributed by atoms with van der Waals surface area (Å²) in [4.78, 5) is 27.1. The number of thiazole rings is 1. The van der Waals surface area contributed by atoms with Crippen LogP contribution in [-0.2, 0) is 11.6 Å². The fraction of sp³-hybridized carbons (Fsp3) is 0.296. The first-order valence-electron chi connectivity index (χ1n) is 12.4. The van der Waals surface area contributed by atoms with Crippen molar-refractivity contribution in [3.05, 3.63) is 88.4 Å². The molecule has 0 spiro atoms. The zero-order chi connectivity index (χ0) is 28.3. The first kappa shape index (κ1) is 27.9. The lowest BCUT2D eigenvalue weighted by molar-refractivity contribution is -0.140. The summed E-state index contributed by atoms with van der Waals surface area (Å²) < 4.78 is 39.9. The molecule has 1 fully saturated rings. The summed E-state index contributed by atoms with van der Waals surface area (Å²) in [6.45, 7) is 2.06. The quantitative estimate of drug-likeness (QED) is 0.192. The van der Waals surface area contributed by atoms with Gasteiger partial charge < -0.3 is 9.47 Å². The highest BCUT2D eigenvalue weighted by atomic mass is 35.5. The summed E-state index contributed by atoms with van der Waals surface area (Å²) in [5, 5.41) is 11.6. The van der Waals surface area contributed by atoms with Gasteiger partial charge in [-0.05, 0) is 63.3 Å². The zero-order valence-corrected chi connectivity index (χ0v) is 22.9. The molecule has 13 heteroatoms. The fourth-order valence-corrected chi connectivity index (χ4v) is 5.57. The molecule has 2 aromatic heterocycles. The van der Waals surface area contributed by atoms with E-state index < -0.39 is 17.8 Å². The number of amides is 1. The van der Waals surface area contributed by atoms with Crippen molar-refractivity contribution < 1.29 is 18.0 Å². The molecule has 1 amide bonds. The average Bonchev–Trinajstić information content (AvgIpc) is 3.64. The van der Waals surface area contributed by atoms with E-state index in [2.05, 4.69) is 37.5 Å². The van der Waals surface area contributed by atoms with Gasteiger partial charge in [0.15, 0.2) is 5.69 Å². The van der Waals surface area contributed by atoms with E-state index in [1.807, 2.05) is 24.3 Å². The number of hydrogen-bond acceptors (Lipinski definition) is 6. The number of aromatic nitrogens is 3. The predicted molar refractivity (Wildman–Crippen MR) is 146 cm³/mol. The Kier molecular flexibility index (Phi) is 7.95. The fourth-order valence-electron chi connectivity index (χ4n) is 4.49. The van der Waals surface area contributed by atoms with E-state index in [4.69, 9.17) is 16.6 Å². The average molecular weight is 587 g/mol. The molecule has 0 bridgehead atoms. The summed E-state index contributed by atoms with van der Waals surface area (Å²) in [5.74, 6) is -0.655. The van der Waals surface area contributed by atoms with Crippen LogP contribution in [0.2, 0.25) is 5.02 Å². The highest BCUT2D eigenvalue weighted by Crippen LogP contribution is 2.38. The third kappa shape index (κ3) is 6.20. The van der Waals surface area contributed by atoms with Crippen LogP contribution in [0.3, 0.4) is 0 Å². The summed E-state index contributed by atoms with van der Waals surface area (Å²) in [7, 11) is 2.07. The van der Waals surface area contributed by atoms with Crippen LogP contribution in [0.25, 0.3) is 16.3 Å². The van der Waals surface area contributed by atoms with Crippen molar-refractivity contribution in [2.24, 2.45) is 10.2 Å². The first-order chi connectivity index (χ1) is 19.1. The van der Waals surface area contributed by atoms with E-state index in [0.29, 0.717) is 17.3 Å². The lowest BCUT2D eigenvalue weighted by Crippen LogP contribution is -2.43. The van der Waals surface area contributed by atoms with Gasteiger partial charge in [0.1, 0.15) is 16.7 Å². The minimum Gasteiger partial charge on any atom is -0.306 e. The Morgan fingerprint density at radius 2 is 1.93 bits per heavy atom. The molecule has 0 aliphatic carbocycles. The van der Waals surface area contributed by atoms with Gasteiger partial charge in [-0.15, -0.1) is 11.3 Å². The van der Waals surface area contributed by atoms with E-state index in [1.165, 1.54) is 16.7 Å². The van der Waals surface area contributed by atoms with Gasteiger partial charge in [0.25, 0.3) is 0 Å². The maximum absolute atomic E-state index is 12.9. The Morgan fingerprint density at radius 1 is 1.18 bits per heavy atom. The molecule has 206 valence electrons. The van der Waals surface area contributed by atoms with Crippen LogP contribution in [0.1, 0.15) is 34.6 Å². The second-order valence-corrected chi connectivity index (χ2v) is 10.9. The molecule has 5 rings (SSSR count). The largest absolute Gasteiger partial charge is 0.434 e. The molecule has 1 aliphatic rings. The maximum Gasteiger partial charge on any atom is 0.434 e. The number of carbonyl (C=O) groups is 1. The molecule has 1 aliphatic heterocycles. The maximum atomic E-state index is 12.9. The van der Waals surface area contributed by atoms with Crippen molar-refractivity contribution in [3.63, 3.8) is 0 Å². The number of carbonyl (C=O) groups excluding carboxylic acids is 1. The van der Waals surface area contributed by atoms with Gasteiger partial charge in [0, 0.05) is 33.3 Å². The SMILES string of the molecule is CN1CCC(CN=[N+]=NC(=O)c2cccc(-n3cnc(C(F)(F)F)c3)c2)(c2csc(-c3ccc(Cl)cc3)n2)CC1. The van der Waals surface area contributed by atoms with E-state index in [9.17, 15) is 18.0 Å². The molecule has 8 nitrogen and oxygen atoms in total. The zero-order valence-electron chi connectivity index (χ0n) is 21.3. The minimum absolute atomic E-state index is 0.167. The van der Waals surface area contributed by atoms with Crippen LogP contribution in [0, 0.1) is 0 Å². The summed E-state index contributed by atoms with van der Waals surface area (Å²) >= 11 is 7.59. The Hall–Kier alpha value is -3.70. The number of alkyl halides is 3. The van der Waals surface area contributed by atoms with Crippen LogP contribution >= 0.6 is 22.9 Å². The van der Waals surface area contributed by atoms with Crippen molar-refractivity contribution >= 4 is 28.8 Å². The van der Waals surface area contributed by atoms with Gasteiger partial charge in [0.05, 0.1) is 17.6 Å². The van der Waals surface area contributed by atoms with Crippen LogP contribution in [0.4, 0.5) is 13.2 Å². The molecule has 0 unspecified atom stereocenters. The number of piperidine rings is 1. The lowest BCUT2D eigenvalue weighted by Gasteiger charge is -2.37. The molecular weight excluding hydrogens is 563 g/mol. The Morgan fingerprint density at radius 3 is 2.62 bits per heavy atom. The molecule has 1 saturated heterocycles. The van der Waals surface area contributed by atoms with Gasteiger partial charge in [0.2, 0.25) is 10.0 Å². The van der Waals surface area contributed by atoms with Crippen molar-refractivity contribution in [2.45, 2.75) is 24.4 Å². The molecule has 0 atom stereocenters. The van der Waals surface area contributed by atoms with Crippen molar-refractivity contribution in [3.8, 4) is 16.3 Å². The minimum atomic E-state index is -4.56. The monoisotopic (exact) mass is 586 g/mol. The second kappa shape index (κ2) is 11.4. The summed E-state index contributed by atoms with van der Waals surface area (Å²) in [6, 6.07) is 13.6. The number of hydrogen-bond donors (Lipinski definition) is 0. The molecule has 0 saturated carbocycles. The molecule has 0 radical (unpaired) electrons. The van der Waals surface area contributed by atoms with Crippen molar-refractivity contribution in [1.29, 1.82) is 0 Å². The van der Waals surface area contributed by atoms with Crippen LogP contribution in [0.15, 0.2) is 76.7 Å². The molecule has 3 heterocycles. The Balaban J connectivity index is 1.33. The first-order valence-corrected chi connectivity index (χ1v) is 13.6. The summed E-state index contributed by atoms with van der Waals surface area (Å²) in [6.07, 6.45) is -1.00. The number of halogens is 4. The molecule has 0 N–H and O–H groups in total. The number of benzene rings is 2. The van der Waals surface area contributed by atoms with E-state index in [-0.39, 0.29) is 11.0 Å². The topological polar surface area (TPSA) is 89.8 Å². The van der Waals surface area contributed by atoms with E-state index in [0.717, 1.165) is 54.7 Å². The predicted octanol–water partition coefficient (Wildman–Crippen LogP) is 6.44. The van der Waals surface area contributed by atoms with Crippen LogP contribution in [-0.4, -0.2) is 52.0 Å². The van der Waals surface area contributed by atoms with Crippen LogP contribution in [0.5, 0.6) is 0 Å². The van der Waals surface area contributed by atoms with Crippen molar-refractivity contribution in [1.82, 2.24) is 24.3 Å². The molecule has 40 heavy (non-hydrogen) atoms. The van der Waals surface area contributed by atoms with E-state index >= 15 is 0 Å². The number of nitrogens with zero attached hydrogens (tertiary/aromatic N) is 7. The normalized spacial score (nSPS) is 15.4.